The van der Waals surface area contributed by atoms with Crippen LogP contribution in [0.5, 0.6) is 11.5 Å². The van der Waals surface area contributed by atoms with Crippen LogP contribution in [0.4, 0.5) is 5.00 Å². The summed E-state index contributed by atoms with van der Waals surface area (Å²) >= 11 is 1.36. The first-order valence-corrected chi connectivity index (χ1v) is 10.4. The first kappa shape index (κ1) is 21.4. The summed E-state index contributed by atoms with van der Waals surface area (Å²) in [6, 6.07) is 6.44. The molecular formula is C22H22N2O5S. The zero-order valence-electron chi connectivity index (χ0n) is 16.8. The van der Waals surface area contributed by atoms with Gasteiger partial charge in [0.15, 0.2) is 11.5 Å². The summed E-state index contributed by atoms with van der Waals surface area (Å²) < 4.78 is 10.2. The van der Waals surface area contributed by atoms with Crippen molar-refractivity contribution in [2.45, 2.75) is 32.6 Å². The minimum Gasteiger partial charge on any atom is -0.504 e. The van der Waals surface area contributed by atoms with Gasteiger partial charge >= 0.3 is 5.97 Å². The molecule has 0 bridgehead atoms. The van der Waals surface area contributed by atoms with Gasteiger partial charge < -0.3 is 19.9 Å². The first-order valence-electron chi connectivity index (χ1n) is 9.60. The van der Waals surface area contributed by atoms with Gasteiger partial charge in [0, 0.05) is 4.88 Å². The quantitative estimate of drug-likeness (QED) is 0.410. The normalized spacial score (nSPS) is 13.2. The lowest BCUT2D eigenvalue weighted by Gasteiger charge is -2.12. The lowest BCUT2D eigenvalue weighted by Crippen LogP contribution is -2.16. The van der Waals surface area contributed by atoms with Gasteiger partial charge in [0.1, 0.15) is 16.6 Å². The lowest BCUT2D eigenvalue weighted by atomic mass is 9.95. The molecule has 1 heterocycles. The van der Waals surface area contributed by atoms with Crippen LogP contribution >= 0.6 is 11.3 Å². The van der Waals surface area contributed by atoms with Gasteiger partial charge in [0.05, 0.1) is 19.3 Å². The number of anilines is 1. The van der Waals surface area contributed by atoms with Crippen LogP contribution in [0.25, 0.3) is 6.08 Å². The van der Waals surface area contributed by atoms with E-state index < -0.39 is 11.9 Å². The number of fused-ring (bicyclic) bond motifs is 1. The first-order chi connectivity index (χ1) is 14.5. The zero-order chi connectivity index (χ0) is 21.7. The van der Waals surface area contributed by atoms with Crippen molar-refractivity contribution in [3.05, 3.63) is 45.3 Å². The summed E-state index contributed by atoms with van der Waals surface area (Å²) in [4.78, 5) is 26.4. The van der Waals surface area contributed by atoms with Crippen LogP contribution in [-0.4, -0.2) is 30.7 Å². The van der Waals surface area contributed by atoms with E-state index in [0.29, 0.717) is 21.9 Å². The smallest absolute Gasteiger partial charge is 0.341 e. The fraction of sp³-hybridized carbons (Fsp3) is 0.318. The number of rotatable bonds is 6. The molecule has 1 amide bonds. The Labute approximate surface area is 178 Å². The van der Waals surface area contributed by atoms with Gasteiger partial charge in [-0.1, -0.05) is 6.07 Å². The summed E-state index contributed by atoms with van der Waals surface area (Å²) in [5.74, 6) is -0.899. The third kappa shape index (κ3) is 4.47. The van der Waals surface area contributed by atoms with Crippen molar-refractivity contribution < 1.29 is 24.2 Å². The number of carbonyl (C=O) groups excluding carboxylic acids is 2. The molecule has 0 fully saturated rings. The van der Waals surface area contributed by atoms with E-state index in [-0.39, 0.29) is 17.9 Å². The van der Waals surface area contributed by atoms with Crippen LogP contribution in [-0.2, 0) is 22.4 Å². The Morgan fingerprint density at radius 2 is 2.10 bits per heavy atom. The van der Waals surface area contributed by atoms with Crippen LogP contribution in [0.15, 0.2) is 23.8 Å². The third-order valence-electron chi connectivity index (χ3n) is 4.76. The van der Waals surface area contributed by atoms with Crippen molar-refractivity contribution in [1.29, 1.82) is 5.26 Å². The molecular weight excluding hydrogens is 404 g/mol. The largest absolute Gasteiger partial charge is 0.504 e. The molecule has 1 aliphatic rings. The van der Waals surface area contributed by atoms with E-state index in [1.54, 1.807) is 19.1 Å². The summed E-state index contributed by atoms with van der Waals surface area (Å²) in [6.45, 7) is 1.97. The van der Waals surface area contributed by atoms with Crippen molar-refractivity contribution in [2.75, 3.05) is 19.0 Å². The number of hydrogen-bond donors (Lipinski definition) is 2. The van der Waals surface area contributed by atoms with Gasteiger partial charge in [-0.25, -0.2) is 4.79 Å². The SMILES string of the molecule is CCOC(=O)c1c(NC(=O)/C(C#N)=C\c2ccc(OC)c(O)c2)sc2c1CCCC2. The predicted molar refractivity (Wildman–Crippen MR) is 114 cm³/mol. The number of aryl methyl sites for hydroxylation is 1. The molecule has 1 aromatic heterocycles. The van der Waals surface area contributed by atoms with Crippen molar-refractivity contribution >= 4 is 34.3 Å². The second-order valence-corrected chi connectivity index (χ2v) is 7.80. The molecule has 30 heavy (non-hydrogen) atoms. The molecule has 2 N–H and O–H groups in total. The zero-order valence-corrected chi connectivity index (χ0v) is 17.6. The summed E-state index contributed by atoms with van der Waals surface area (Å²) in [6.07, 6.45) is 5.00. The van der Waals surface area contributed by atoms with Crippen LogP contribution in [0.3, 0.4) is 0 Å². The number of hydrogen-bond acceptors (Lipinski definition) is 7. The number of phenolic OH excluding ortho intramolecular Hbond substituents is 1. The van der Waals surface area contributed by atoms with Gasteiger partial charge in [-0.3, -0.25) is 4.79 Å². The number of phenols is 1. The molecule has 2 aromatic rings. The Balaban J connectivity index is 1.90. The highest BCUT2D eigenvalue weighted by Gasteiger charge is 2.27. The molecule has 0 aliphatic heterocycles. The van der Waals surface area contributed by atoms with E-state index in [0.717, 1.165) is 36.1 Å². The molecule has 3 rings (SSSR count). The minimum absolute atomic E-state index is 0.0977. The number of nitrogens with zero attached hydrogens (tertiary/aromatic N) is 1. The van der Waals surface area contributed by atoms with Crippen LogP contribution in [0.1, 0.15) is 46.1 Å². The summed E-state index contributed by atoms with van der Waals surface area (Å²) in [7, 11) is 1.43. The Morgan fingerprint density at radius 1 is 1.33 bits per heavy atom. The minimum atomic E-state index is -0.628. The maximum Gasteiger partial charge on any atom is 0.341 e. The lowest BCUT2D eigenvalue weighted by molar-refractivity contribution is -0.112. The van der Waals surface area contributed by atoms with E-state index in [2.05, 4.69) is 5.32 Å². The highest BCUT2D eigenvalue weighted by atomic mass is 32.1. The van der Waals surface area contributed by atoms with Gasteiger partial charge in [0.2, 0.25) is 0 Å². The number of methoxy groups -OCH3 is 1. The average molecular weight is 426 g/mol. The van der Waals surface area contributed by atoms with Crippen molar-refractivity contribution in [2.24, 2.45) is 0 Å². The number of ether oxygens (including phenoxy) is 2. The van der Waals surface area contributed by atoms with Gasteiger partial charge in [-0.15, -0.1) is 11.3 Å². The van der Waals surface area contributed by atoms with Crippen molar-refractivity contribution in [3.8, 4) is 17.6 Å². The molecule has 156 valence electrons. The van der Waals surface area contributed by atoms with E-state index in [9.17, 15) is 20.0 Å². The predicted octanol–water partition coefficient (Wildman–Crippen LogP) is 4.06. The van der Waals surface area contributed by atoms with E-state index >= 15 is 0 Å². The summed E-state index contributed by atoms with van der Waals surface area (Å²) in [5, 5.41) is 22.5. The maximum atomic E-state index is 12.8. The Morgan fingerprint density at radius 3 is 2.77 bits per heavy atom. The van der Waals surface area contributed by atoms with E-state index in [1.807, 2.05) is 6.07 Å². The monoisotopic (exact) mass is 426 g/mol. The van der Waals surface area contributed by atoms with Gasteiger partial charge in [0.25, 0.3) is 5.91 Å². The van der Waals surface area contributed by atoms with Crippen LogP contribution in [0.2, 0.25) is 0 Å². The van der Waals surface area contributed by atoms with Crippen molar-refractivity contribution in [1.82, 2.24) is 0 Å². The number of thiophene rings is 1. The molecule has 0 radical (unpaired) electrons. The Hall–Kier alpha value is -3.31. The Kier molecular flexibility index (Phi) is 6.75. The molecule has 0 saturated heterocycles. The second kappa shape index (κ2) is 9.46. The second-order valence-electron chi connectivity index (χ2n) is 6.69. The number of aromatic hydroxyl groups is 1. The summed E-state index contributed by atoms with van der Waals surface area (Å²) in [5.41, 5.74) is 1.64. The molecule has 7 nitrogen and oxygen atoms in total. The third-order valence-corrected chi connectivity index (χ3v) is 5.96. The molecule has 0 atom stereocenters. The number of nitrogens with one attached hydrogen (secondary N) is 1. The fourth-order valence-electron chi connectivity index (χ4n) is 3.36. The number of esters is 1. The van der Waals surface area contributed by atoms with Crippen LogP contribution in [0, 0.1) is 11.3 Å². The number of carbonyl (C=O) groups is 2. The fourth-order valence-corrected chi connectivity index (χ4v) is 4.63. The highest BCUT2D eigenvalue weighted by Crippen LogP contribution is 2.39. The van der Waals surface area contributed by atoms with E-state index in [1.165, 1.54) is 30.6 Å². The topological polar surface area (TPSA) is 109 Å². The molecule has 1 aliphatic carbocycles. The molecule has 0 saturated carbocycles. The maximum absolute atomic E-state index is 12.8. The standard InChI is InChI=1S/C22H22N2O5S/c1-3-29-22(27)19-15-6-4-5-7-18(15)30-21(19)24-20(26)14(12-23)10-13-8-9-17(28-2)16(25)11-13/h8-11,25H,3-7H2,1-2H3,(H,24,26)/b14-10-. The number of nitriles is 1. The molecule has 1 aromatic carbocycles. The van der Waals surface area contributed by atoms with Gasteiger partial charge in [-0.2, -0.15) is 5.26 Å². The molecule has 0 spiro atoms. The number of benzene rings is 1. The van der Waals surface area contributed by atoms with E-state index in [4.69, 9.17) is 9.47 Å². The van der Waals surface area contributed by atoms with Crippen molar-refractivity contribution in [3.63, 3.8) is 0 Å². The van der Waals surface area contributed by atoms with Gasteiger partial charge in [-0.05, 0) is 61.9 Å². The molecule has 0 unspecified atom stereocenters. The number of amides is 1. The highest BCUT2D eigenvalue weighted by molar-refractivity contribution is 7.17. The van der Waals surface area contributed by atoms with Crippen LogP contribution < -0.4 is 10.1 Å². The Bertz CT molecular complexity index is 1050. The molecule has 8 heteroatoms. The average Bonchev–Trinajstić information content (AvgIpc) is 3.10.